The van der Waals surface area contributed by atoms with Crippen LogP contribution in [0.25, 0.3) is 0 Å². The minimum atomic E-state index is -0.444. The van der Waals surface area contributed by atoms with Gasteiger partial charge in [0.05, 0.1) is 19.7 Å². The molecule has 7 nitrogen and oxygen atoms in total. The first-order chi connectivity index (χ1) is 13.0. The molecule has 1 atom stereocenters. The fraction of sp³-hybridized carbons (Fsp3) is 0.474. The molecule has 1 saturated heterocycles. The van der Waals surface area contributed by atoms with E-state index in [2.05, 4.69) is 27.3 Å². The van der Waals surface area contributed by atoms with Crippen molar-refractivity contribution in [2.24, 2.45) is 0 Å². The van der Waals surface area contributed by atoms with Gasteiger partial charge in [-0.25, -0.2) is 4.39 Å². The first-order valence-corrected chi connectivity index (χ1v) is 8.97. The van der Waals surface area contributed by atoms with Gasteiger partial charge < -0.3 is 19.5 Å². The van der Waals surface area contributed by atoms with E-state index >= 15 is 0 Å². The number of benzene rings is 1. The highest BCUT2D eigenvalue weighted by molar-refractivity contribution is 5.92. The van der Waals surface area contributed by atoms with Gasteiger partial charge in [-0.3, -0.25) is 9.69 Å². The molecule has 2 heterocycles. The average Bonchev–Trinajstić information content (AvgIpc) is 3.12. The zero-order valence-corrected chi connectivity index (χ0v) is 15.9. The molecule has 1 amide bonds. The number of ether oxygens (including phenoxy) is 1. The van der Waals surface area contributed by atoms with Gasteiger partial charge in [-0.05, 0) is 32.2 Å². The molecule has 0 saturated carbocycles. The number of aromatic nitrogens is 1. The Morgan fingerprint density at radius 3 is 2.78 bits per heavy atom. The summed E-state index contributed by atoms with van der Waals surface area (Å²) in [5.41, 5.74) is 0.772. The molecule has 3 rings (SSSR count). The maximum atomic E-state index is 13.6. The Morgan fingerprint density at radius 1 is 1.33 bits per heavy atom. The Bertz CT molecular complexity index is 787. The van der Waals surface area contributed by atoms with Crippen molar-refractivity contribution < 1.29 is 18.4 Å². The van der Waals surface area contributed by atoms with Crippen molar-refractivity contribution in [2.45, 2.75) is 19.5 Å². The summed E-state index contributed by atoms with van der Waals surface area (Å²) in [7, 11) is 3.61. The zero-order chi connectivity index (χ0) is 19.4. The maximum absolute atomic E-state index is 13.6. The highest BCUT2D eigenvalue weighted by atomic mass is 19.1. The minimum Gasteiger partial charge on any atom is -0.496 e. The Morgan fingerprint density at radius 2 is 2.07 bits per heavy atom. The molecule has 2 aromatic rings. The molecule has 0 bridgehead atoms. The number of halogens is 1. The van der Waals surface area contributed by atoms with Gasteiger partial charge in [-0.15, -0.1) is 0 Å². The molecule has 1 aromatic heterocycles. The molecule has 1 fully saturated rings. The molecule has 0 aliphatic carbocycles. The van der Waals surface area contributed by atoms with Crippen LogP contribution in [0.15, 0.2) is 28.8 Å². The lowest BCUT2D eigenvalue weighted by atomic mass is 10.1. The normalized spacial score (nSPS) is 16.9. The number of hydrogen-bond acceptors (Lipinski definition) is 6. The monoisotopic (exact) mass is 376 g/mol. The van der Waals surface area contributed by atoms with E-state index in [-0.39, 0.29) is 17.4 Å². The predicted molar refractivity (Wildman–Crippen MR) is 98.1 cm³/mol. The fourth-order valence-electron chi connectivity index (χ4n) is 3.11. The van der Waals surface area contributed by atoms with E-state index < -0.39 is 6.04 Å². The fourth-order valence-corrected chi connectivity index (χ4v) is 3.11. The van der Waals surface area contributed by atoms with E-state index in [9.17, 15) is 9.18 Å². The molecule has 146 valence electrons. The number of rotatable bonds is 6. The molecular formula is C19H25FN4O3. The smallest absolute Gasteiger partial charge is 0.273 e. The van der Waals surface area contributed by atoms with Crippen LogP contribution in [0.4, 0.5) is 4.39 Å². The van der Waals surface area contributed by atoms with Crippen LogP contribution in [0.2, 0.25) is 0 Å². The summed E-state index contributed by atoms with van der Waals surface area (Å²) in [6.07, 6.45) is 0. The van der Waals surface area contributed by atoms with Crippen molar-refractivity contribution >= 4 is 5.91 Å². The van der Waals surface area contributed by atoms with Crippen LogP contribution in [0.3, 0.4) is 0 Å². The summed E-state index contributed by atoms with van der Waals surface area (Å²) in [6, 6.07) is 5.42. The first-order valence-electron chi connectivity index (χ1n) is 8.97. The van der Waals surface area contributed by atoms with E-state index in [1.807, 2.05) is 0 Å². The molecule has 8 heteroatoms. The van der Waals surface area contributed by atoms with Gasteiger partial charge in [-0.1, -0.05) is 5.16 Å². The summed E-state index contributed by atoms with van der Waals surface area (Å²) in [5, 5.41) is 6.68. The summed E-state index contributed by atoms with van der Waals surface area (Å²) in [4.78, 5) is 17.0. The lowest BCUT2D eigenvalue weighted by Crippen LogP contribution is -2.43. The first kappa shape index (κ1) is 19.3. The van der Waals surface area contributed by atoms with Gasteiger partial charge in [0.1, 0.15) is 11.6 Å². The number of hydrogen-bond donors (Lipinski definition) is 1. The minimum absolute atomic E-state index is 0.210. The highest BCUT2D eigenvalue weighted by Crippen LogP contribution is 2.26. The van der Waals surface area contributed by atoms with Gasteiger partial charge in [0, 0.05) is 37.8 Å². The van der Waals surface area contributed by atoms with Gasteiger partial charge in [0.2, 0.25) is 0 Å². The highest BCUT2D eigenvalue weighted by Gasteiger charge is 2.20. The molecule has 27 heavy (non-hydrogen) atoms. The predicted octanol–water partition coefficient (Wildman–Crippen LogP) is 2.06. The summed E-state index contributed by atoms with van der Waals surface area (Å²) < 4.78 is 24.1. The molecule has 1 N–H and O–H groups in total. The second kappa shape index (κ2) is 8.49. The van der Waals surface area contributed by atoms with Crippen LogP contribution in [0.5, 0.6) is 5.75 Å². The van der Waals surface area contributed by atoms with Gasteiger partial charge in [-0.2, -0.15) is 0 Å². The van der Waals surface area contributed by atoms with Gasteiger partial charge in [0.25, 0.3) is 5.91 Å². The van der Waals surface area contributed by atoms with Gasteiger partial charge >= 0.3 is 0 Å². The van der Waals surface area contributed by atoms with Crippen LogP contribution in [-0.4, -0.2) is 61.2 Å². The van der Waals surface area contributed by atoms with Crippen LogP contribution in [0, 0.1) is 5.82 Å². The third-order valence-electron chi connectivity index (χ3n) is 4.77. The number of nitrogens with zero attached hydrogens (tertiary/aromatic N) is 3. The molecule has 1 aliphatic heterocycles. The zero-order valence-electron chi connectivity index (χ0n) is 15.9. The topological polar surface area (TPSA) is 70.8 Å². The van der Waals surface area contributed by atoms with E-state index in [0.717, 1.165) is 26.2 Å². The maximum Gasteiger partial charge on any atom is 0.273 e. The standard InChI is InChI=1S/C19H25FN4O3/c1-13(16-10-14(20)4-5-18(16)26-3)21-19(25)17-11-15(27-22-17)12-24-8-6-23(2)7-9-24/h4-5,10-11,13H,6-9,12H2,1-3H3,(H,21,25). The van der Waals surface area contributed by atoms with Crippen LogP contribution >= 0.6 is 0 Å². The van der Waals surface area contributed by atoms with Crippen LogP contribution in [0.1, 0.15) is 34.8 Å². The number of methoxy groups -OCH3 is 1. The van der Waals surface area contributed by atoms with Crippen LogP contribution in [-0.2, 0) is 6.54 Å². The third kappa shape index (κ3) is 4.84. The average molecular weight is 376 g/mol. The van der Waals surface area contributed by atoms with Crippen molar-refractivity contribution in [1.29, 1.82) is 0 Å². The molecule has 1 aromatic carbocycles. The number of nitrogens with one attached hydrogen (secondary N) is 1. The van der Waals surface area contributed by atoms with Crippen molar-refractivity contribution in [3.63, 3.8) is 0 Å². The number of carbonyl (C=O) groups excluding carboxylic acids is 1. The summed E-state index contributed by atoms with van der Waals surface area (Å²) in [5.74, 6) is 0.408. The number of amides is 1. The second-order valence-electron chi connectivity index (χ2n) is 6.84. The Balaban J connectivity index is 1.61. The van der Waals surface area contributed by atoms with Crippen LogP contribution < -0.4 is 10.1 Å². The third-order valence-corrected chi connectivity index (χ3v) is 4.77. The van der Waals surface area contributed by atoms with E-state index in [1.165, 1.54) is 25.3 Å². The lowest BCUT2D eigenvalue weighted by Gasteiger charge is -2.31. The number of piperazine rings is 1. The Kier molecular flexibility index (Phi) is 6.08. The quantitative estimate of drug-likeness (QED) is 0.832. The Labute approximate surface area is 158 Å². The SMILES string of the molecule is COc1ccc(F)cc1C(C)NC(=O)c1cc(CN2CCN(C)CC2)on1. The van der Waals surface area contributed by atoms with E-state index in [1.54, 1.807) is 13.0 Å². The second-order valence-corrected chi connectivity index (χ2v) is 6.84. The number of carbonyl (C=O) groups is 1. The Hall–Kier alpha value is -2.45. The molecular weight excluding hydrogens is 351 g/mol. The van der Waals surface area contributed by atoms with E-state index in [4.69, 9.17) is 9.26 Å². The van der Waals surface area contributed by atoms with Crippen molar-refractivity contribution in [1.82, 2.24) is 20.3 Å². The molecule has 1 aliphatic rings. The largest absolute Gasteiger partial charge is 0.496 e. The van der Waals surface area contributed by atoms with E-state index in [0.29, 0.717) is 23.6 Å². The molecule has 0 spiro atoms. The van der Waals surface area contributed by atoms with Crippen molar-refractivity contribution in [3.05, 3.63) is 47.1 Å². The van der Waals surface area contributed by atoms with Crippen molar-refractivity contribution in [3.8, 4) is 5.75 Å². The lowest BCUT2D eigenvalue weighted by molar-refractivity contribution is 0.0929. The molecule has 0 radical (unpaired) electrons. The number of likely N-dealkylation sites (N-methyl/N-ethyl adjacent to an activating group) is 1. The summed E-state index contributed by atoms with van der Waals surface area (Å²) >= 11 is 0. The van der Waals surface area contributed by atoms with Gasteiger partial charge in [0.15, 0.2) is 11.5 Å². The molecule has 1 unspecified atom stereocenters. The van der Waals surface area contributed by atoms with Crippen molar-refractivity contribution in [2.75, 3.05) is 40.3 Å². The summed E-state index contributed by atoms with van der Waals surface area (Å²) in [6.45, 7) is 6.31.